The summed E-state index contributed by atoms with van der Waals surface area (Å²) in [5, 5.41) is 3.32. The molecule has 2 saturated heterocycles. The van der Waals surface area contributed by atoms with Crippen LogP contribution < -0.4 is 5.32 Å². The summed E-state index contributed by atoms with van der Waals surface area (Å²) in [4.78, 5) is 15.4. The van der Waals surface area contributed by atoms with Gasteiger partial charge in [0.25, 0.3) is 0 Å². The van der Waals surface area contributed by atoms with E-state index in [9.17, 15) is 4.79 Å². The van der Waals surface area contributed by atoms with E-state index in [1.54, 1.807) is 0 Å². The zero-order chi connectivity index (χ0) is 16.9. The molecule has 1 aromatic rings. The van der Waals surface area contributed by atoms with Gasteiger partial charge in [0.2, 0.25) is 0 Å². The van der Waals surface area contributed by atoms with Crippen molar-refractivity contribution in [2.45, 2.75) is 40.1 Å². The van der Waals surface area contributed by atoms with Gasteiger partial charge in [-0.15, -0.1) is 0 Å². The van der Waals surface area contributed by atoms with E-state index in [2.05, 4.69) is 39.2 Å². The third-order valence-corrected chi connectivity index (χ3v) is 17.2. The SMILES string of the molecule is C[C@H](NC(=O)[CH]1CCC[CH2][In]1[N]1CCN(C)CC1)c1ccccc1. The van der Waals surface area contributed by atoms with E-state index in [1.165, 1.54) is 48.8 Å². The molecule has 1 amide bonds. The van der Waals surface area contributed by atoms with Crippen LogP contribution in [0.4, 0.5) is 0 Å². The summed E-state index contributed by atoms with van der Waals surface area (Å²) in [6.07, 6.45) is 3.71. The van der Waals surface area contributed by atoms with Crippen LogP contribution in [0, 0.1) is 0 Å². The Morgan fingerprint density at radius 3 is 2.58 bits per heavy atom. The predicted molar refractivity (Wildman–Crippen MR) is 100 cm³/mol. The van der Waals surface area contributed by atoms with Crippen molar-refractivity contribution in [2.75, 3.05) is 33.2 Å². The van der Waals surface area contributed by atoms with Crippen LogP contribution in [-0.4, -0.2) is 68.6 Å². The molecule has 0 aromatic heterocycles. The molecule has 2 fully saturated rings. The third-order valence-electron chi connectivity index (χ3n) is 5.73. The Balaban J connectivity index is 1.63. The molecule has 4 nitrogen and oxygen atoms in total. The summed E-state index contributed by atoms with van der Waals surface area (Å²) in [7, 11) is 2.21. The van der Waals surface area contributed by atoms with Gasteiger partial charge in [-0.2, -0.15) is 0 Å². The number of amides is 1. The normalized spacial score (nSPS) is 24.6. The number of carbonyl (C=O) groups excluding carboxylic acids is 1. The molecule has 0 spiro atoms. The predicted octanol–water partition coefficient (Wildman–Crippen LogP) is 2.66. The summed E-state index contributed by atoms with van der Waals surface area (Å²) in [5.74, 6) is 0.339. The number of carbonyl (C=O) groups is 1. The fraction of sp³-hybridized carbons (Fsp3) is 0.632. The standard InChI is InChI=1S/C14H19NO.C5H11N2.In/c1-3-4-6-11-14(16)15-12(2)13-9-7-5-8-10-13;1-7-4-2-6-3-5-7;/h5,7-12H,1,3-4,6H2,2H3,(H,15,16);2-5H2,1H3;/q;-1;+1/t12-;;/m0../s1. The molecule has 2 atom stereocenters. The van der Waals surface area contributed by atoms with Gasteiger partial charge in [-0.25, -0.2) is 0 Å². The van der Waals surface area contributed by atoms with Crippen molar-refractivity contribution in [3.05, 3.63) is 35.9 Å². The Morgan fingerprint density at radius 1 is 1.17 bits per heavy atom. The minimum absolute atomic E-state index is 0.111. The zero-order valence-electron chi connectivity index (χ0n) is 15.1. The maximum absolute atomic E-state index is 13.0. The Bertz CT molecular complexity index is 531. The molecule has 0 aliphatic carbocycles. The molecule has 0 saturated carbocycles. The number of likely N-dealkylation sites (N-methyl/N-ethyl adjacent to an activating group) is 1. The Morgan fingerprint density at radius 2 is 1.88 bits per heavy atom. The van der Waals surface area contributed by atoms with Crippen molar-refractivity contribution in [3.8, 4) is 0 Å². The van der Waals surface area contributed by atoms with Crippen molar-refractivity contribution >= 4 is 27.6 Å². The van der Waals surface area contributed by atoms with Crippen LogP contribution in [0.3, 0.4) is 0 Å². The summed E-state index contributed by atoms with van der Waals surface area (Å²) in [6.45, 7) is 6.82. The molecular formula is C19H30InN3O. The van der Waals surface area contributed by atoms with Gasteiger partial charge in [0, 0.05) is 0 Å². The van der Waals surface area contributed by atoms with Gasteiger partial charge in [-0.05, 0) is 0 Å². The Hall–Kier alpha value is -0.520. The van der Waals surface area contributed by atoms with Crippen molar-refractivity contribution in [2.24, 2.45) is 0 Å². The summed E-state index contributed by atoms with van der Waals surface area (Å²) in [6, 6.07) is 10.4. The van der Waals surface area contributed by atoms with Gasteiger partial charge in [0.1, 0.15) is 0 Å². The molecule has 1 N–H and O–H groups in total. The number of rotatable bonds is 4. The van der Waals surface area contributed by atoms with Gasteiger partial charge in [0.15, 0.2) is 0 Å². The molecule has 3 rings (SSSR count). The molecule has 1 unspecified atom stereocenters. The molecule has 2 heterocycles. The summed E-state index contributed by atoms with van der Waals surface area (Å²) >= 11 is -1.98. The molecule has 24 heavy (non-hydrogen) atoms. The summed E-state index contributed by atoms with van der Waals surface area (Å²) < 4.78 is 4.51. The Labute approximate surface area is 154 Å². The van der Waals surface area contributed by atoms with E-state index in [4.69, 9.17) is 0 Å². The van der Waals surface area contributed by atoms with Crippen molar-refractivity contribution in [1.29, 1.82) is 0 Å². The molecule has 2 aliphatic heterocycles. The number of nitrogens with zero attached hydrogens (tertiary/aromatic N) is 2. The first-order chi connectivity index (χ1) is 11.6. The Kier molecular flexibility index (Phi) is 6.64. The minimum atomic E-state index is -1.98. The number of hydrogen-bond acceptors (Lipinski definition) is 3. The van der Waals surface area contributed by atoms with Crippen molar-refractivity contribution in [3.63, 3.8) is 0 Å². The van der Waals surface area contributed by atoms with Crippen LogP contribution in [-0.2, 0) is 4.79 Å². The van der Waals surface area contributed by atoms with Gasteiger partial charge in [-0.3, -0.25) is 0 Å². The monoisotopic (exact) mass is 431 g/mol. The molecule has 2 aliphatic rings. The van der Waals surface area contributed by atoms with E-state index in [0.717, 1.165) is 6.42 Å². The average Bonchev–Trinajstić information content (AvgIpc) is 2.63. The first-order valence-corrected chi connectivity index (χ1v) is 15.1. The van der Waals surface area contributed by atoms with Crippen LogP contribution in [0.5, 0.6) is 0 Å². The van der Waals surface area contributed by atoms with E-state index >= 15 is 0 Å². The van der Waals surface area contributed by atoms with E-state index in [0.29, 0.717) is 9.58 Å². The molecule has 5 heteroatoms. The average molecular weight is 431 g/mol. The zero-order valence-corrected chi connectivity index (χ0v) is 18.4. The quantitative estimate of drug-likeness (QED) is 0.797. The van der Waals surface area contributed by atoms with Gasteiger partial charge >= 0.3 is 155 Å². The van der Waals surface area contributed by atoms with Crippen molar-refractivity contribution < 1.29 is 4.79 Å². The number of benzene rings is 1. The number of piperazine rings is 1. The van der Waals surface area contributed by atoms with Gasteiger partial charge in [0.05, 0.1) is 0 Å². The first-order valence-electron chi connectivity index (χ1n) is 9.43. The molecular weight excluding hydrogens is 401 g/mol. The second kappa shape index (κ2) is 8.72. The first kappa shape index (κ1) is 18.3. The summed E-state index contributed by atoms with van der Waals surface area (Å²) in [5.41, 5.74) is 1.20. The van der Waals surface area contributed by atoms with Crippen molar-refractivity contribution in [1.82, 2.24) is 13.1 Å². The van der Waals surface area contributed by atoms with Crippen LogP contribution in [0.15, 0.2) is 30.3 Å². The topological polar surface area (TPSA) is 35.6 Å². The van der Waals surface area contributed by atoms with Crippen LogP contribution in [0.1, 0.15) is 37.8 Å². The second-order valence-electron chi connectivity index (χ2n) is 7.44. The third kappa shape index (κ3) is 4.55. The molecule has 0 radical (unpaired) electrons. The fourth-order valence-electron chi connectivity index (χ4n) is 4.15. The van der Waals surface area contributed by atoms with Crippen LogP contribution >= 0.6 is 0 Å². The molecule has 130 valence electrons. The molecule has 0 bridgehead atoms. The van der Waals surface area contributed by atoms with Gasteiger partial charge < -0.3 is 0 Å². The van der Waals surface area contributed by atoms with Crippen LogP contribution in [0.25, 0.3) is 0 Å². The van der Waals surface area contributed by atoms with E-state index in [-0.39, 0.29) is 6.04 Å². The van der Waals surface area contributed by atoms with E-state index in [1.807, 2.05) is 18.2 Å². The fourth-order valence-corrected chi connectivity index (χ4v) is 15.4. The second-order valence-corrected chi connectivity index (χ2v) is 16.7. The maximum atomic E-state index is 13.0. The van der Waals surface area contributed by atoms with E-state index < -0.39 is 21.7 Å². The number of nitrogens with one attached hydrogen (secondary N) is 1. The number of hydrogen-bond donors (Lipinski definition) is 1. The van der Waals surface area contributed by atoms with Crippen LogP contribution in [0.2, 0.25) is 7.85 Å². The molecule has 1 aromatic carbocycles. The van der Waals surface area contributed by atoms with Gasteiger partial charge in [-0.1, -0.05) is 0 Å².